The lowest BCUT2D eigenvalue weighted by atomic mass is 10.1. The molecule has 0 aliphatic rings. The van der Waals surface area contributed by atoms with Crippen LogP contribution in [-0.4, -0.2) is 64.6 Å². The Morgan fingerprint density at radius 3 is 0.455 bits per heavy atom. The van der Waals surface area contributed by atoms with E-state index in [4.69, 9.17) is 0 Å². The molecule has 24 heteroatoms. The highest BCUT2D eigenvalue weighted by Gasteiger charge is 2.34. The van der Waals surface area contributed by atoms with Gasteiger partial charge < -0.3 is 0 Å². The minimum atomic E-state index is -1.60. The van der Waals surface area contributed by atoms with Gasteiger partial charge in [0.2, 0.25) is 0 Å². The maximum Gasteiger partial charge on any atom is 0.0904 e. The normalized spacial score (nSPS) is 13.2. The number of hydrogen-bond acceptors (Lipinski definition) is 16. The van der Waals surface area contributed by atoms with Crippen molar-refractivity contribution in [1.29, 1.82) is 0 Å². The van der Waals surface area contributed by atoms with E-state index >= 15 is 0 Å². The zero-order valence-corrected chi connectivity index (χ0v) is 89.6. The predicted molar refractivity (Wildman–Crippen MR) is 558 cm³/mol. The minimum Gasteiger partial charge on any atom is -0.145 e. The van der Waals surface area contributed by atoms with Gasteiger partial charge in [0, 0.05) is 121 Å². The summed E-state index contributed by atoms with van der Waals surface area (Å²) >= 11 is 32.4. The van der Waals surface area contributed by atoms with E-state index in [0.29, 0.717) is 0 Å². The fourth-order valence-electron chi connectivity index (χ4n) is 13.5. The van der Waals surface area contributed by atoms with Crippen molar-refractivity contribution in [2.45, 2.75) is 157 Å². The van der Waals surface area contributed by atoms with Gasteiger partial charge in [0.05, 0.1) is 93.9 Å². The van der Waals surface area contributed by atoms with Gasteiger partial charge in [-0.2, -0.15) is 0 Å². The third-order valence-electron chi connectivity index (χ3n) is 20.0. The van der Waals surface area contributed by atoms with E-state index in [1.807, 2.05) is 181 Å². The second-order valence-corrected chi connectivity index (χ2v) is 98.1. The van der Waals surface area contributed by atoms with Crippen LogP contribution in [0.1, 0.15) is 0 Å². The molecule has 0 atom stereocenters. The van der Waals surface area contributed by atoms with E-state index < -0.39 is 64.6 Å². The lowest BCUT2D eigenvalue weighted by molar-refractivity contribution is 1.78. The van der Waals surface area contributed by atoms with Crippen LogP contribution < -0.4 is 36.0 Å². The molecule has 0 aliphatic heterocycles. The average molecular weight is 1890 g/mol. The van der Waals surface area contributed by atoms with E-state index in [-0.39, 0.29) is 0 Å². The van der Waals surface area contributed by atoms with Crippen molar-refractivity contribution in [3.63, 3.8) is 0 Å². The van der Waals surface area contributed by atoms with Crippen LogP contribution in [0.3, 0.4) is 0 Å². The second kappa shape index (κ2) is 30.6. The van der Waals surface area contributed by atoms with Crippen LogP contribution in [0, 0.1) is 0 Å². The summed E-state index contributed by atoms with van der Waals surface area (Å²) in [5.41, 5.74) is 8.21. The van der Waals surface area contributed by atoms with Gasteiger partial charge >= 0.3 is 0 Å². The van der Waals surface area contributed by atoms with Crippen molar-refractivity contribution in [3.8, 4) is 150 Å². The highest BCUT2D eigenvalue weighted by atomic mass is 32.2. The van der Waals surface area contributed by atoms with Gasteiger partial charge in [-0.3, -0.25) is 0 Å². The van der Waals surface area contributed by atoms with Gasteiger partial charge in [-0.05, 0) is 145 Å². The first-order chi connectivity index (χ1) is 52.4. The van der Waals surface area contributed by atoms with Crippen LogP contribution >= 0.6 is 181 Å². The molecule has 0 saturated heterocycles. The predicted octanol–water partition coefficient (Wildman–Crippen LogP) is 32.0. The van der Waals surface area contributed by atoms with Crippen LogP contribution in [0.4, 0.5) is 0 Å². The molecule has 578 valence electrons. The van der Waals surface area contributed by atoms with Crippen molar-refractivity contribution in [1.82, 2.24) is 0 Å². The molecule has 112 heavy (non-hydrogen) atoms. The summed E-state index contributed by atoms with van der Waals surface area (Å²) in [4.78, 5) is 32.9. The lowest BCUT2D eigenvalue weighted by Gasteiger charge is -2.12. The molecule has 16 heterocycles. The Balaban J connectivity index is 0.912. The number of thiophene rings is 16. The first-order valence-corrected chi connectivity index (χ1v) is 79.4. The maximum atomic E-state index is 2.64. The van der Waals surface area contributed by atoms with E-state index in [9.17, 15) is 0 Å². The number of rotatable bonds is 23. The molecule has 16 aromatic heterocycles. The Morgan fingerprint density at radius 2 is 0.259 bits per heavy atom. The van der Waals surface area contributed by atoms with Gasteiger partial charge in [0.1, 0.15) is 0 Å². The average Bonchev–Trinajstić information content (AvgIpc) is 1.59. The summed E-state index contributed by atoms with van der Waals surface area (Å²) < 4.78 is 12.5. The standard InChI is InChI=1S/C88H98S16Si8/c1-105(2,3)75-37-29-59(91-75)52-45-69(99-83(52)65-33-41-79(95-65)109(13,14)15)63-27-25-57(89-63)51-47-72(71-48-54(61-31-39-77(93-61)107(7,8)9)85(101-71)67-35-43-81(97-67)111(19,20)21)102-87(51)73-49-55(88(104-73)74-50-56(62-32-40-78(94-62)108(10,11)12)86(103-74)68-36-44-82(98-68)112(22,23)24)58-26-28-64(90-58)70-46-53(60-30-38-76(92-60)106(4,5)6)84(100-70)66-34-42-80(96-66)110(16,17)18/h25-50H,1-24H3. The van der Waals surface area contributed by atoms with E-state index in [0.717, 1.165) is 0 Å². The van der Waals surface area contributed by atoms with Crippen molar-refractivity contribution in [2.75, 3.05) is 0 Å². The number of hydrogen-bond donors (Lipinski definition) is 0. The molecule has 0 amide bonds. The molecular weight excluding hydrogens is 1790 g/mol. The second-order valence-electron chi connectivity index (χ2n) is 37.8. The topological polar surface area (TPSA) is 0 Å². The van der Waals surface area contributed by atoms with Gasteiger partial charge in [0.25, 0.3) is 0 Å². The molecule has 0 nitrogen and oxygen atoms in total. The summed E-state index contributed by atoms with van der Waals surface area (Å²) in [7, 11) is -12.5. The lowest BCUT2D eigenvalue weighted by Crippen LogP contribution is -2.34. The molecule has 0 saturated carbocycles. The summed E-state index contributed by atoms with van der Waals surface area (Å²) in [5, 5.41) is 0. The molecule has 0 bridgehead atoms. The SMILES string of the molecule is C[Si](C)(C)c1ccc(-c2cc(-c3ccc(-c4cc(-c5cc(-c6ccc([Si](C)(C)C)s6)c(-c6ccc([Si](C)(C)C)s6)s5)sc4-c4cc(-c5ccc(-c6cc(-c7ccc([Si](C)(C)C)s7)c(-c7ccc([Si](C)(C)C)s7)s6)s5)c(-c5cc(-c6ccc([Si](C)(C)C)s6)c(-c6ccc([Si](C)(C)C)s6)s5)s4)s3)sc2-c2ccc([Si](C)(C)C)s2)s1. The first-order valence-electron chi connectivity index (χ1n) is 38.4. The van der Waals surface area contributed by atoms with Crippen molar-refractivity contribution < 1.29 is 0 Å². The fraction of sp³-hybridized carbons (Fsp3) is 0.273. The zero-order chi connectivity index (χ0) is 79.6. The molecular formula is C88H98S16Si8. The zero-order valence-electron chi connectivity index (χ0n) is 68.5. The summed E-state index contributed by atoms with van der Waals surface area (Å²) in [6.45, 7) is 59.9. The quantitative estimate of drug-likeness (QED) is 0.0560. The van der Waals surface area contributed by atoms with Gasteiger partial charge in [-0.25, -0.2) is 0 Å². The van der Waals surface area contributed by atoms with Gasteiger partial charge in [0.15, 0.2) is 0 Å². The summed E-state index contributed by atoms with van der Waals surface area (Å²) in [6, 6.07) is 64.7. The van der Waals surface area contributed by atoms with E-state index in [1.54, 1.807) is 36.0 Å². The molecule has 0 aliphatic carbocycles. The van der Waals surface area contributed by atoms with Crippen molar-refractivity contribution >= 4 is 282 Å². The third kappa shape index (κ3) is 16.8. The van der Waals surface area contributed by atoms with Crippen LogP contribution in [0.2, 0.25) is 157 Å². The molecule has 0 radical (unpaired) electrons. The third-order valence-corrected chi connectivity index (χ3v) is 68.4. The molecule has 0 unspecified atom stereocenters. The largest absolute Gasteiger partial charge is 0.145 e. The minimum absolute atomic E-state index is 1.32. The van der Waals surface area contributed by atoms with Gasteiger partial charge in [-0.1, -0.05) is 206 Å². The molecule has 0 N–H and O–H groups in total. The molecule has 16 aromatic rings. The molecule has 16 rings (SSSR count). The van der Waals surface area contributed by atoms with Crippen LogP contribution in [0.25, 0.3) is 150 Å². The van der Waals surface area contributed by atoms with Gasteiger partial charge in [-0.15, -0.1) is 181 Å². The summed E-state index contributed by atoms with van der Waals surface area (Å²) in [6.07, 6.45) is 0. The van der Waals surface area contributed by atoms with Crippen molar-refractivity contribution in [3.05, 3.63) is 158 Å². The molecule has 0 fully saturated rings. The van der Waals surface area contributed by atoms with Crippen LogP contribution in [-0.2, 0) is 0 Å². The summed E-state index contributed by atoms with van der Waals surface area (Å²) in [5.74, 6) is 0. The highest BCUT2D eigenvalue weighted by Crippen LogP contribution is 2.59. The molecule has 0 spiro atoms. The smallest absolute Gasteiger partial charge is 0.0904 e. The fourth-order valence-corrected chi connectivity index (χ4v) is 47.2. The van der Waals surface area contributed by atoms with Crippen LogP contribution in [0.15, 0.2) is 158 Å². The highest BCUT2D eigenvalue weighted by molar-refractivity contribution is 7.38. The van der Waals surface area contributed by atoms with Crippen LogP contribution in [0.5, 0.6) is 0 Å². The Morgan fingerprint density at radius 1 is 0.125 bits per heavy atom. The Kier molecular flexibility index (Phi) is 22.6. The van der Waals surface area contributed by atoms with E-state index in [2.05, 4.69) is 315 Å². The Bertz CT molecular complexity index is 5870. The Hall–Kier alpha value is -3.06. The van der Waals surface area contributed by atoms with Crippen molar-refractivity contribution in [2.24, 2.45) is 0 Å². The first kappa shape index (κ1) is 82.6. The van der Waals surface area contributed by atoms with E-state index in [1.165, 1.54) is 150 Å². The Labute approximate surface area is 737 Å². The molecule has 0 aromatic carbocycles. The maximum absolute atomic E-state index is 2.64. The monoisotopic (exact) mass is 1890 g/mol.